The number of hydrogen-bond donors (Lipinski definition) is 1. The van der Waals surface area contributed by atoms with Crippen LogP contribution in [0, 0.1) is 5.82 Å². The first-order chi connectivity index (χ1) is 19.4. The standard InChI is InChI=1S/C29H32F4N4O4/c1-4-36-23(17-35-14-15-37(18(3)16-35)26(38)20-8-12-22(30)13-9-20)24(27(39)41-5-2)25(34-28(36)40)19-6-10-21(11-7-19)29(31,32)33/h6-13,18,25H,4-5,14-17H2,1-3H3,(H,34,40). The summed E-state index contributed by atoms with van der Waals surface area (Å²) in [5.41, 5.74) is 0.378. The number of ether oxygens (including phenoxy) is 1. The van der Waals surface area contributed by atoms with Crippen molar-refractivity contribution in [2.24, 2.45) is 0 Å². The van der Waals surface area contributed by atoms with E-state index in [0.29, 0.717) is 36.5 Å². The lowest BCUT2D eigenvalue weighted by Crippen LogP contribution is -2.56. The van der Waals surface area contributed by atoms with E-state index in [1.165, 1.54) is 41.3 Å². The summed E-state index contributed by atoms with van der Waals surface area (Å²) in [6.07, 6.45) is -4.53. The molecule has 2 aromatic carbocycles. The number of nitrogens with zero attached hydrogens (tertiary/aromatic N) is 3. The molecule has 0 aromatic heterocycles. The SMILES string of the molecule is CCOC(=O)C1=C(CN2CCN(C(=O)c3ccc(F)cc3)C(C)C2)N(CC)C(=O)NC1c1ccc(C(F)(F)F)cc1. The average Bonchev–Trinajstić information content (AvgIpc) is 2.93. The molecule has 2 aliphatic heterocycles. The van der Waals surface area contributed by atoms with Gasteiger partial charge in [0.1, 0.15) is 5.82 Å². The number of benzene rings is 2. The van der Waals surface area contributed by atoms with E-state index in [9.17, 15) is 31.9 Å². The van der Waals surface area contributed by atoms with Crippen molar-refractivity contribution in [3.8, 4) is 0 Å². The number of alkyl halides is 3. The lowest BCUT2D eigenvalue weighted by Gasteiger charge is -2.43. The molecular weight excluding hydrogens is 544 g/mol. The van der Waals surface area contributed by atoms with Gasteiger partial charge < -0.3 is 15.0 Å². The third kappa shape index (κ3) is 6.53. The number of carbonyl (C=O) groups excluding carboxylic acids is 3. The molecule has 0 bridgehead atoms. The van der Waals surface area contributed by atoms with Crippen LogP contribution in [0.15, 0.2) is 59.8 Å². The topological polar surface area (TPSA) is 82.2 Å². The summed E-state index contributed by atoms with van der Waals surface area (Å²) in [5.74, 6) is -1.33. The highest BCUT2D eigenvalue weighted by molar-refractivity contribution is 5.95. The molecule has 41 heavy (non-hydrogen) atoms. The van der Waals surface area contributed by atoms with Crippen molar-refractivity contribution < 1.29 is 36.7 Å². The number of nitrogens with one attached hydrogen (secondary N) is 1. The highest BCUT2D eigenvalue weighted by atomic mass is 19.4. The zero-order valence-corrected chi connectivity index (χ0v) is 23.0. The number of rotatable bonds is 7. The maximum atomic E-state index is 13.3. The maximum Gasteiger partial charge on any atom is 0.416 e. The van der Waals surface area contributed by atoms with E-state index in [1.54, 1.807) is 18.7 Å². The first-order valence-electron chi connectivity index (χ1n) is 13.4. The van der Waals surface area contributed by atoms with Gasteiger partial charge in [-0.05, 0) is 62.7 Å². The highest BCUT2D eigenvalue weighted by Gasteiger charge is 2.40. The minimum atomic E-state index is -4.53. The zero-order valence-electron chi connectivity index (χ0n) is 23.0. The Kier molecular flexibility index (Phi) is 9.01. The molecule has 2 unspecified atom stereocenters. The van der Waals surface area contributed by atoms with Crippen LogP contribution in [0.4, 0.5) is 22.4 Å². The van der Waals surface area contributed by atoms with Crippen LogP contribution in [-0.2, 0) is 15.7 Å². The smallest absolute Gasteiger partial charge is 0.416 e. The predicted octanol–water partition coefficient (Wildman–Crippen LogP) is 4.59. The second-order valence-corrected chi connectivity index (χ2v) is 9.92. The summed E-state index contributed by atoms with van der Waals surface area (Å²) in [6, 6.07) is 7.93. The average molecular weight is 577 g/mol. The Balaban J connectivity index is 1.63. The molecule has 3 amide bonds. The summed E-state index contributed by atoms with van der Waals surface area (Å²) in [5, 5.41) is 2.75. The van der Waals surface area contributed by atoms with E-state index >= 15 is 0 Å². The number of esters is 1. The molecule has 12 heteroatoms. The summed E-state index contributed by atoms with van der Waals surface area (Å²) in [4.78, 5) is 44.6. The van der Waals surface area contributed by atoms with E-state index in [1.807, 2.05) is 11.8 Å². The summed E-state index contributed by atoms with van der Waals surface area (Å²) in [6.45, 7) is 6.97. The van der Waals surface area contributed by atoms with E-state index in [4.69, 9.17) is 4.74 Å². The molecule has 2 heterocycles. The first kappa shape index (κ1) is 30.0. The Bertz CT molecular complexity index is 1310. The number of halogens is 4. The minimum Gasteiger partial charge on any atom is -0.463 e. The van der Waals surface area contributed by atoms with Crippen molar-refractivity contribution in [3.05, 3.63) is 82.3 Å². The second-order valence-electron chi connectivity index (χ2n) is 9.92. The van der Waals surface area contributed by atoms with Gasteiger partial charge in [0, 0.05) is 50.0 Å². The zero-order chi connectivity index (χ0) is 29.9. The van der Waals surface area contributed by atoms with Gasteiger partial charge in [-0.25, -0.2) is 14.0 Å². The molecule has 8 nitrogen and oxygen atoms in total. The van der Waals surface area contributed by atoms with E-state index in [2.05, 4.69) is 5.32 Å². The third-order valence-electron chi connectivity index (χ3n) is 7.26. The van der Waals surface area contributed by atoms with Gasteiger partial charge in [-0.15, -0.1) is 0 Å². The molecule has 0 saturated carbocycles. The molecular formula is C29H32F4N4O4. The van der Waals surface area contributed by atoms with Gasteiger partial charge in [0.05, 0.1) is 23.8 Å². The Morgan fingerprint density at radius 3 is 2.24 bits per heavy atom. The second kappa shape index (κ2) is 12.3. The number of piperazine rings is 1. The molecule has 2 atom stereocenters. The molecule has 1 N–H and O–H groups in total. The Morgan fingerprint density at radius 1 is 1.02 bits per heavy atom. The fourth-order valence-electron chi connectivity index (χ4n) is 5.22. The van der Waals surface area contributed by atoms with Gasteiger partial charge in [0.2, 0.25) is 0 Å². The summed E-state index contributed by atoms with van der Waals surface area (Å²) in [7, 11) is 0. The van der Waals surface area contributed by atoms with Gasteiger partial charge in [-0.1, -0.05) is 12.1 Å². The van der Waals surface area contributed by atoms with Crippen molar-refractivity contribution in [2.45, 2.75) is 39.0 Å². The van der Waals surface area contributed by atoms with E-state index < -0.39 is 35.6 Å². The van der Waals surface area contributed by atoms with Crippen LogP contribution >= 0.6 is 0 Å². The number of likely N-dealkylation sites (N-methyl/N-ethyl adjacent to an activating group) is 1. The van der Waals surface area contributed by atoms with Crippen molar-refractivity contribution in [3.63, 3.8) is 0 Å². The molecule has 0 aliphatic carbocycles. The Labute approximate surface area is 235 Å². The normalized spacial score (nSPS) is 20.2. The molecule has 4 rings (SSSR count). The summed E-state index contributed by atoms with van der Waals surface area (Å²) < 4.78 is 58.2. The molecule has 2 aromatic rings. The monoisotopic (exact) mass is 576 g/mol. The fraction of sp³-hybridized carbons (Fsp3) is 0.414. The minimum absolute atomic E-state index is 0.0661. The van der Waals surface area contributed by atoms with Crippen molar-refractivity contribution >= 4 is 17.9 Å². The van der Waals surface area contributed by atoms with Crippen LogP contribution in [0.1, 0.15) is 48.3 Å². The van der Waals surface area contributed by atoms with Crippen LogP contribution < -0.4 is 5.32 Å². The number of carbonyl (C=O) groups is 3. The van der Waals surface area contributed by atoms with Gasteiger partial charge in [-0.3, -0.25) is 14.6 Å². The first-order valence-corrected chi connectivity index (χ1v) is 13.4. The lowest BCUT2D eigenvalue weighted by molar-refractivity contribution is -0.139. The quantitative estimate of drug-likeness (QED) is 0.385. The van der Waals surface area contributed by atoms with Crippen molar-refractivity contribution in [1.82, 2.24) is 20.0 Å². The van der Waals surface area contributed by atoms with Gasteiger partial charge in [-0.2, -0.15) is 13.2 Å². The van der Waals surface area contributed by atoms with Crippen molar-refractivity contribution in [2.75, 3.05) is 39.3 Å². The fourth-order valence-corrected chi connectivity index (χ4v) is 5.22. The van der Waals surface area contributed by atoms with Crippen LogP contribution in [0.2, 0.25) is 0 Å². The van der Waals surface area contributed by atoms with Crippen LogP contribution in [0.3, 0.4) is 0 Å². The summed E-state index contributed by atoms with van der Waals surface area (Å²) >= 11 is 0. The Hall–Kier alpha value is -3.93. The highest BCUT2D eigenvalue weighted by Crippen LogP contribution is 2.35. The van der Waals surface area contributed by atoms with Crippen LogP contribution in [-0.4, -0.2) is 78.0 Å². The maximum absolute atomic E-state index is 13.3. The van der Waals surface area contributed by atoms with E-state index in [-0.39, 0.29) is 37.2 Å². The predicted molar refractivity (Wildman–Crippen MR) is 142 cm³/mol. The molecule has 220 valence electrons. The van der Waals surface area contributed by atoms with Crippen LogP contribution in [0.25, 0.3) is 0 Å². The number of hydrogen-bond acceptors (Lipinski definition) is 5. The van der Waals surface area contributed by atoms with Gasteiger partial charge >= 0.3 is 18.2 Å². The number of amides is 3. The van der Waals surface area contributed by atoms with Crippen molar-refractivity contribution in [1.29, 1.82) is 0 Å². The van der Waals surface area contributed by atoms with Gasteiger partial charge in [0.25, 0.3) is 5.91 Å². The van der Waals surface area contributed by atoms with E-state index in [0.717, 1.165) is 12.1 Å². The Morgan fingerprint density at radius 2 is 1.68 bits per heavy atom. The largest absolute Gasteiger partial charge is 0.463 e. The molecule has 0 radical (unpaired) electrons. The number of urea groups is 1. The third-order valence-corrected chi connectivity index (χ3v) is 7.26. The molecule has 1 saturated heterocycles. The van der Waals surface area contributed by atoms with Gasteiger partial charge in [0.15, 0.2) is 0 Å². The molecule has 1 fully saturated rings. The lowest BCUT2D eigenvalue weighted by atomic mass is 9.93. The molecule has 2 aliphatic rings. The van der Waals surface area contributed by atoms with Crippen LogP contribution in [0.5, 0.6) is 0 Å². The molecule has 0 spiro atoms.